The van der Waals surface area contributed by atoms with Gasteiger partial charge in [-0.3, -0.25) is 9.59 Å². The van der Waals surface area contributed by atoms with E-state index in [0.717, 1.165) is 5.82 Å². The molecule has 0 aromatic carbocycles. The zero-order valence-electron chi connectivity index (χ0n) is 11.5. The molecule has 5 nitrogen and oxygen atoms in total. The molecule has 1 heterocycles. The van der Waals surface area contributed by atoms with Crippen LogP contribution in [0, 0.1) is 0 Å². The van der Waals surface area contributed by atoms with Gasteiger partial charge in [-0.05, 0) is 0 Å². The van der Waals surface area contributed by atoms with Crippen LogP contribution in [0.15, 0.2) is 6.20 Å². The van der Waals surface area contributed by atoms with E-state index >= 15 is 0 Å². The Hall–Kier alpha value is -1.30. The van der Waals surface area contributed by atoms with E-state index in [4.69, 9.17) is 0 Å². The fourth-order valence-corrected chi connectivity index (χ4v) is 2.03. The smallest absolute Gasteiger partial charge is 0.315 e. The lowest BCUT2D eigenvalue weighted by Gasteiger charge is -2.03. The fraction of sp³-hybridized carbons (Fsp3) is 0.583. The minimum atomic E-state index is -0.258. The maximum Gasteiger partial charge on any atom is 0.315 e. The molecule has 0 aliphatic carbocycles. The average Bonchev–Trinajstić information content (AvgIpc) is 2.73. The first-order chi connectivity index (χ1) is 8.56. The van der Waals surface area contributed by atoms with Crippen LogP contribution in [0.2, 0.25) is 0 Å². The molecule has 102 valence electrons. The van der Waals surface area contributed by atoms with Crippen LogP contribution in [0.5, 0.6) is 0 Å². The van der Waals surface area contributed by atoms with E-state index in [9.17, 15) is 9.59 Å². The molecule has 0 N–H and O–H groups in total. The SMILES string of the molecule is CC.COC(=O)CSCc1ncc(C(C)=O)n1C. The van der Waals surface area contributed by atoms with Crippen LogP contribution in [0.1, 0.15) is 37.1 Å². The quantitative estimate of drug-likeness (QED) is 0.606. The minimum absolute atomic E-state index is 0.0146. The molecule has 0 atom stereocenters. The lowest BCUT2D eigenvalue weighted by atomic mass is 10.3. The zero-order chi connectivity index (χ0) is 14.1. The number of ketones is 1. The molecule has 1 aromatic heterocycles. The molecule has 0 aliphatic rings. The maximum atomic E-state index is 11.2. The van der Waals surface area contributed by atoms with Gasteiger partial charge in [0.15, 0.2) is 5.78 Å². The van der Waals surface area contributed by atoms with Gasteiger partial charge in [0, 0.05) is 14.0 Å². The molecule has 0 bridgehead atoms. The van der Waals surface area contributed by atoms with Gasteiger partial charge in [-0.1, -0.05) is 13.8 Å². The van der Waals surface area contributed by atoms with E-state index in [1.54, 1.807) is 17.8 Å². The summed E-state index contributed by atoms with van der Waals surface area (Å²) in [6.45, 7) is 5.50. The molecule has 1 rings (SSSR count). The Morgan fingerprint density at radius 1 is 1.44 bits per heavy atom. The molecule has 0 spiro atoms. The van der Waals surface area contributed by atoms with Crippen LogP contribution in [0.4, 0.5) is 0 Å². The maximum absolute atomic E-state index is 11.2. The Morgan fingerprint density at radius 2 is 2.06 bits per heavy atom. The van der Waals surface area contributed by atoms with Crippen molar-refractivity contribution in [2.24, 2.45) is 7.05 Å². The third-order valence-electron chi connectivity index (χ3n) is 2.12. The number of carbonyl (C=O) groups excluding carboxylic acids is 2. The van der Waals surface area contributed by atoms with Crippen LogP contribution in [-0.2, 0) is 22.3 Å². The number of ether oxygens (including phenoxy) is 1. The lowest BCUT2D eigenvalue weighted by Crippen LogP contribution is -2.06. The van der Waals surface area contributed by atoms with Crippen LogP contribution in [0.3, 0.4) is 0 Å². The summed E-state index contributed by atoms with van der Waals surface area (Å²) in [5, 5.41) is 0. The summed E-state index contributed by atoms with van der Waals surface area (Å²) in [7, 11) is 3.15. The third kappa shape index (κ3) is 4.91. The van der Waals surface area contributed by atoms with Crippen LogP contribution >= 0.6 is 11.8 Å². The molecule has 0 saturated heterocycles. The van der Waals surface area contributed by atoms with E-state index in [1.807, 2.05) is 13.8 Å². The van der Waals surface area contributed by atoms with Gasteiger partial charge in [-0.2, -0.15) is 0 Å². The number of hydrogen-bond acceptors (Lipinski definition) is 5. The van der Waals surface area contributed by atoms with Gasteiger partial charge in [0.25, 0.3) is 0 Å². The Labute approximate surface area is 112 Å². The highest BCUT2D eigenvalue weighted by molar-refractivity contribution is 7.99. The lowest BCUT2D eigenvalue weighted by molar-refractivity contribution is -0.137. The summed E-state index contributed by atoms with van der Waals surface area (Å²) >= 11 is 1.41. The van der Waals surface area contributed by atoms with Gasteiger partial charge in [0.2, 0.25) is 0 Å². The van der Waals surface area contributed by atoms with E-state index in [2.05, 4.69) is 9.72 Å². The number of thioether (sulfide) groups is 1. The van der Waals surface area contributed by atoms with Gasteiger partial charge in [-0.25, -0.2) is 4.98 Å². The summed E-state index contributed by atoms with van der Waals surface area (Å²) in [5.41, 5.74) is 0.577. The predicted molar refractivity (Wildman–Crippen MR) is 72.7 cm³/mol. The van der Waals surface area contributed by atoms with Crippen LogP contribution < -0.4 is 0 Å². The van der Waals surface area contributed by atoms with Crippen LogP contribution in [0.25, 0.3) is 0 Å². The molecule has 0 aliphatic heterocycles. The first-order valence-corrected chi connectivity index (χ1v) is 6.87. The van der Waals surface area contributed by atoms with Gasteiger partial charge in [0.05, 0.1) is 24.8 Å². The molecule has 0 saturated carbocycles. The number of carbonyl (C=O) groups is 2. The standard InChI is InChI=1S/C10H14N2O3S.C2H6/c1-7(13)8-4-11-9(12(8)2)5-16-6-10(14)15-3;1-2/h4H,5-6H2,1-3H3;1-2H3. The molecule has 0 fully saturated rings. The summed E-state index contributed by atoms with van der Waals surface area (Å²) in [4.78, 5) is 26.2. The Kier molecular flexibility index (Phi) is 8.11. The normalized spacial score (nSPS) is 9.39. The first-order valence-electron chi connectivity index (χ1n) is 5.72. The van der Waals surface area contributed by atoms with Gasteiger partial charge < -0.3 is 9.30 Å². The highest BCUT2D eigenvalue weighted by atomic mass is 32.2. The molecule has 0 unspecified atom stereocenters. The molecule has 18 heavy (non-hydrogen) atoms. The first kappa shape index (κ1) is 16.7. The highest BCUT2D eigenvalue weighted by Crippen LogP contribution is 2.12. The van der Waals surface area contributed by atoms with Crippen molar-refractivity contribution in [3.63, 3.8) is 0 Å². The number of methoxy groups -OCH3 is 1. The van der Waals surface area contributed by atoms with Gasteiger partial charge in [-0.15, -0.1) is 11.8 Å². The number of aromatic nitrogens is 2. The molecule has 1 aromatic rings. The van der Waals surface area contributed by atoms with Crippen LogP contribution in [-0.4, -0.2) is 34.2 Å². The number of hydrogen-bond donors (Lipinski definition) is 0. The summed E-state index contributed by atoms with van der Waals surface area (Å²) in [6, 6.07) is 0. The van der Waals surface area contributed by atoms with Gasteiger partial charge in [0.1, 0.15) is 11.5 Å². The Morgan fingerprint density at radius 3 is 2.50 bits per heavy atom. The molecule has 6 heteroatoms. The van der Waals surface area contributed by atoms with Crippen molar-refractivity contribution < 1.29 is 14.3 Å². The fourth-order valence-electron chi connectivity index (χ4n) is 1.19. The van der Waals surface area contributed by atoms with Crippen molar-refractivity contribution in [2.75, 3.05) is 12.9 Å². The van der Waals surface area contributed by atoms with Crippen molar-refractivity contribution in [3.05, 3.63) is 17.7 Å². The van der Waals surface area contributed by atoms with E-state index in [1.165, 1.54) is 25.8 Å². The van der Waals surface area contributed by atoms with Gasteiger partial charge >= 0.3 is 5.97 Å². The summed E-state index contributed by atoms with van der Waals surface area (Å²) in [5.74, 6) is 1.38. The second-order valence-corrected chi connectivity index (χ2v) is 4.23. The number of nitrogens with zero attached hydrogens (tertiary/aromatic N) is 2. The molecular formula is C12H20N2O3S. The van der Waals surface area contributed by atoms with Crippen molar-refractivity contribution in [3.8, 4) is 0 Å². The second kappa shape index (κ2) is 8.74. The highest BCUT2D eigenvalue weighted by Gasteiger charge is 2.10. The van der Waals surface area contributed by atoms with E-state index < -0.39 is 0 Å². The monoisotopic (exact) mass is 272 g/mol. The topological polar surface area (TPSA) is 61.2 Å². The van der Waals surface area contributed by atoms with E-state index in [-0.39, 0.29) is 11.8 Å². The number of esters is 1. The molecule has 0 radical (unpaired) electrons. The van der Waals surface area contributed by atoms with E-state index in [0.29, 0.717) is 17.2 Å². The predicted octanol–water partition coefficient (Wildman–Crippen LogP) is 2.06. The molecular weight excluding hydrogens is 252 g/mol. The largest absolute Gasteiger partial charge is 0.468 e. The van der Waals surface area contributed by atoms with Crippen molar-refractivity contribution in [2.45, 2.75) is 26.5 Å². The number of rotatable bonds is 5. The van der Waals surface area contributed by atoms with Crippen molar-refractivity contribution in [1.29, 1.82) is 0 Å². The van der Waals surface area contributed by atoms with Crippen molar-refractivity contribution >= 4 is 23.5 Å². The third-order valence-corrected chi connectivity index (χ3v) is 3.03. The molecule has 0 amide bonds. The minimum Gasteiger partial charge on any atom is -0.468 e. The summed E-state index contributed by atoms with van der Waals surface area (Å²) < 4.78 is 6.26. The average molecular weight is 272 g/mol. The Bertz CT molecular complexity index is 402. The summed E-state index contributed by atoms with van der Waals surface area (Å²) in [6.07, 6.45) is 1.55. The van der Waals surface area contributed by atoms with Crippen molar-refractivity contribution in [1.82, 2.24) is 9.55 Å². The number of Topliss-reactive ketones (excluding diaryl/α,β-unsaturated/α-hetero) is 1. The second-order valence-electron chi connectivity index (χ2n) is 3.24. The number of imidazole rings is 1. The zero-order valence-corrected chi connectivity index (χ0v) is 12.3. The Balaban J connectivity index is 0.00000137.